The highest BCUT2D eigenvalue weighted by atomic mass is 35.5. The zero-order valence-electron chi connectivity index (χ0n) is 20.6. The van der Waals surface area contributed by atoms with E-state index in [0.717, 1.165) is 31.4 Å². The number of halogens is 6. The van der Waals surface area contributed by atoms with Gasteiger partial charge in [-0.15, -0.1) is 0 Å². The third-order valence-electron chi connectivity index (χ3n) is 6.94. The quantitative estimate of drug-likeness (QED) is 0.334. The summed E-state index contributed by atoms with van der Waals surface area (Å²) in [6.07, 6.45) is 1.30. The van der Waals surface area contributed by atoms with Gasteiger partial charge in [-0.1, -0.05) is 23.7 Å². The van der Waals surface area contributed by atoms with Gasteiger partial charge in [-0.3, -0.25) is 9.88 Å². The fraction of sp³-hybridized carbons (Fsp3) is 0.500. The summed E-state index contributed by atoms with van der Waals surface area (Å²) in [6, 6.07) is 5.41. The molecule has 0 spiro atoms. The Hall–Kier alpha value is -2.79. The highest BCUT2D eigenvalue weighted by molar-refractivity contribution is 6.31. The summed E-state index contributed by atoms with van der Waals surface area (Å²) in [6.45, 7) is 0.265. The Kier molecular flexibility index (Phi) is 7.59. The van der Waals surface area contributed by atoms with Crippen LogP contribution in [-0.2, 0) is 0 Å². The second-order valence-electron chi connectivity index (χ2n) is 9.70. The summed E-state index contributed by atoms with van der Waals surface area (Å²) >= 11 is 6.32. The van der Waals surface area contributed by atoms with Gasteiger partial charge in [0, 0.05) is 29.4 Å². The number of hydrogen-bond acceptors (Lipinski definition) is 6. The molecule has 1 aromatic carbocycles. The molecule has 3 aliphatic rings. The van der Waals surface area contributed by atoms with Crippen LogP contribution in [0, 0.1) is 5.82 Å². The topological polar surface area (TPSA) is 60.4 Å². The molecule has 12 heteroatoms. The molecule has 1 saturated carbocycles. The Morgan fingerprint density at radius 2 is 1.95 bits per heavy atom. The van der Waals surface area contributed by atoms with Crippen LogP contribution in [-0.4, -0.2) is 65.0 Å². The van der Waals surface area contributed by atoms with Crippen molar-refractivity contribution in [1.82, 2.24) is 19.9 Å². The van der Waals surface area contributed by atoms with Gasteiger partial charge in [0.15, 0.2) is 12.4 Å². The number of alkyl halides is 4. The first kappa shape index (κ1) is 26.8. The van der Waals surface area contributed by atoms with E-state index in [1.807, 2.05) is 0 Å². The van der Waals surface area contributed by atoms with Crippen molar-refractivity contribution in [3.8, 4) is 23.1 Å². The third kappa shape index (κ3) is 5.78. The van der Waals surface area contributed by atoms with E-state index < -0.39 is 30.7 Å². The van der Waals surface area contributed by atoms with Crippen molar-refractivity contribution in [3.05, 3.63) is 40.8 Å². The fourth-order valence-corrected chi connectivity index (χ4v) is 5.44. The van der Waals surface area contributed by atoms with Crippen molar-refractivity contribution in [2.24, 2.45) is 0 Å². The van der Waals surface area contributed by atoms with Crippen LogP contribution in [0.5, 0.6) is 11.9 Å². The van der Waals surface area contributed by atoms with Crippen LogP contribution in [0.4, 0.5) is 22.0 Å². The van der Waals surface area contributed by atoms with Crippen LogP contribution in [0.25, 0.3) is 22.2 Å². The van der Waals surface area contributed by atoms with Gasteiger partial charge in [0.05, 0.1) is 12.5 Å². The van der Waals surface area contributed by atoms with E-state index in [9.17, 15) is 17.6 Å². The first-order valence-electron chi connectivity index (χ1n) is 12.4. The van der Waals surface area contributed by atoms with Gasteiger partial charge in [0.25, 0.3) is 0 Å². The number of nitrogens with zero attached hydrogens (tertiary/aromatic N) is 4. The Balaban J connectivity index is 0.000000273. The van der Waals surface area contributed by atoms with Crippen LogP contribution in [0.15, 0.2) is 24.4 Å². The normalized spacial score (nSPS) is 21.2. The molecule has 0 bridgehead atoms. The zero-order chi connectivity index (χ0) is 27.0. The molecule has 6 rings (SSSR count). The molecule has 2 saturated heterocycles. The lowest BCUT2D eigenvalue weighted by Gasteiger charge is -2.14. The molecule has 6 nitrogen and oxygen atoms in total. The average Bonchev–Trinajstić information content (AvgIpc) is 3.52. The van der Waals surface area contributed by atoms with E-state index >= 15 is 4.39 Å². The number of fused-ring (bicyclic) bond motifs is 2. The van der Waals surface area contributed by atoms with Crippen molar-refractivity contribution in [1.29, 1.82) is 0 Å². The third-order valence-corrected chi connectivity index (χ3v) is 7.27. The Bertz CT molecular complexity index is 1310. The smallest absolute Gasteiger partial charge is 0.422 e. The Morgan fingerprint density at radius 1 is 1.16 bits per heavy atom. The predicted octanol–water partition coefficient (Wildman–Crippen LogP) is 6.50. The minimum atomic E-state index is -4.59. The first-order chi connectivity index (χ1) is 18.1. The van der Waals surface area contributed by atoms with E-state index in [1.165, 1.54) is 26.1 Å². The van der Waals surface area contributed by atoms with E-state index in [2.05, 4.69) is 19.9 Å². The van der Waals surface area contributed by atoms with Crippen molar-refractivity contribution < 1.29 is 31.4 Å². The zero-order valence-corrected chi connectivity index (χ0v) is 21.3. The highest BCUT2D eigenvalue weighted by Gasteiger charge is 2.35. The number of pyridine rings is 1. The largest absolute Gasteiger partial charge is 0.467 e. The van der Waals surface area contributed by atoms with Crippen molar-refractivity contribution in [3.63, 3.8) is 0 Å². The maximum absolute atomic E-state index is 15.4. The Morgan fingerprint density at radius 3 is 2.63 bits per heavy atom. The molecule has 2 atom stereocenters. The van der Waals surface area contributed by atoms with Gasteiger partial charge in [-0.2, -0.15) is 23.1 Å². The molecule has 1 aliphatic carbocycles. The van der Waals surface area contributed by atoms with Gasteiger partial charge < -0.3 is 9.47 Å². The maximum atomic E-state index is 15.4. The second-order valence-corrected chi connectivity index (χ2v) is 10.1. The second kappa shape index (κ2) is 10.8. The number of ether oxygens (including phenoxy) is 2. The van der Waals surface area contributed by atoms with Gasteiger partial charge in [0.2, 0.25) is 5.88 Å². The van der Waals surface area contributed by atoms with Crippen LogP contribution in [0.3, 0.4) is 0 Å². The van der Waals surface area contributed by atoms with E-state index in [-0.39, 0.29) is 28.5 Å². The lowest BCUT2D eigenvalue weighted by Crippen LogP contribution is -2.22. The van der Waals surface area contributed by atoms with Crippen LogP contribution >= 0.6 is 11.6 Å². The molecule has 0 amide bonds. The molecule has 2 aromatic heterocycles. The van der Waals surface area contributed by atoms with Gasteiger partial charge >= 0.3 is 12.2 Å². The predicted molar refractivity (Wildman–Crippen MR) is 132 cm³/mol. The monoisotopic (exact) mass is 556 g/mol. The molecular weight excluding hydrogens is 531 g/mol. The minimum absolute atomic E-state index is 0.00410. The molecule has 204 valence electrons. The molecule has 3 aromatic rings. The van der Waals surface area contributed by atoms with Crippen LogP contribution in [0.2, 0.25) is 5.02 Å². The van der Waals surface area contributed by atoms with Crippen LogP contribution in [0.1, 0.15) is 43.6 Å². The van der Waals surface area contributed by atoms with E-state index in [1.54, 1.807) is 18.2 Å². The Labute approximate surface area is 221 Å². The highest BCUT2D eigenvalue weighted by Crippen LogP contribution is 2.48. The standard InChI is InChI=1S/C19H14ClF4N3O2.C7H12FN/c1-28-18-26-16-11(17(27-18)29-8-19(22,23)24)7-25-15(14(16)21)10-3-2-4-12(20)13(10)9-5-6-9;8-6-4-7-2-1-3-9(7)5-6/h2-4,7,9H,5-6,8H2,1H3;6-7H,1-5H2. The minimum Gasteiger partial charge on any atom is -0.467 e. The van der Waals surface area contributed by atoms with Gasteiger partial charge in [0.1, 0.15) is 17.4 Å². The summed E-state index contributed by atoms with van der Waals surface area (Å²) in [4.78, 5) is 14.1. The molecule has 2 unspecified atom stereocenters. The van der Waals surface area contributed by atoms with Crippen molar-refractivity contribution >= 4 is 22.5 Å². The van der Waals surface area contributed by atoms with Crippen molar-refractivity contribution in [2.75, 3.05) is 26.8 Å². The van der Waals surface area contributed by atoms with E-state index in [0.29, 0.717) is 23.2 Å². The number of aromatic nitrogens is 3. The lowest BCUT2D eigenvalue weighted by molar-refractivity contribution is -0.153. The molecule has 0 radical (unpaired) electrons. The summed E-state index contributed by atoms with van der Waals surface area (Å²) in [7, 11) is 1.22. The molecule has 0 N–H and O–H groups in total. The first-order valence-corrected chi connectivity index (χ1v) is 12.8. The van der Waals surface area contributed by atoms with Gasteiger partial charge in [-0.25, -0.2) is 8.78 Å². The van der Waals surface area contributed by atoms with Gasteiger partial charge in [-0.05, 0) is 56.2 Å². The number of benzene rings is 1. The number of hydrogen-bond donors (Lipinski definition) is 0. The van der Waals surface area contributed by atoms with Crippen molar-refractivity contribution in [2.45, 2.75) is 56.4 Å². The summed E-state index contributed by atoms with van der Waals surface area (Å²) in [5.41, 5.74) is 1.08. The molecule has 3 fully saturated rings. The average molecular weight is 557 g/mol. The summed E-state index contributed by atoms with van der Waals surface area (Å²) in [5, 5.41) is 0.423. The summed E-state index contributed by atoms with van der Waals surface area (Å²) in [5.74, 6) is -1.05. The molecule has 2 aliphatic heterocycles. The molecular formula is C26H26ClF5N4O2. The SMILES string of the molecule is COc1nc(OCC(F)(F)F)c2cnc(-c3cccc(Cl)c3C3CC3)c(F)c2n1.FC1CC2CCCN2C1. The molecule has 4 heterocycles. The van der Waals surface area contributed by atoms with Crippen LogP contribution < -0.4 is 9.47 Å². The number of methoxy groups -OCH3 is 1. The fourth-order valence-electron chi connectivity index (χ4n) is 5.11. The lowest BCUT2D eigenvalue weighted by atomic mass is 9.99. The molecule has 38 heavy (non-hydrogen) atoms. The van der Waals surface area contributed by atoms with E-state index in [4.69, 9.17) is 21.1 Å². The summed E-state index contributed by atoms with van der Waals surface area (Å²) < 4.78 is 75.3. The maximum Gasteiger partial charge on any atom is 0.422 e. The number of rotatable bonds is 5.